The Morgan fingerprint density at radius 3 is 2.41 bits per heavy atom. The van der Waals surface area contributed by atoms with Crippen molar-refractivity contribution in [2.24, 2.45) is 0 Å². The molecule has 0 spiro atoms. The van der Waals surface area contributed by atoms with Gasteiger partial charge in [0.2, 0.25) is 5.91 Å². The molecule has 8 heteroatoms. The Morgan fingerprint density at radius 2 is 1.66 bits per heavy atom. The fraction of sp³-hybridized carbons (Fsp3) is 0.182. The molecular weight excluding hydrogens is 555 g/mol. The summed E-state index contributed by atoms with van der Waals surface area (Å²) in [5.41, 5.74) is 6.01. The number of nitrogens with one attached hydrogen (secondary N) is 1. The summed E-state index contributed by atoms with van der Waals surface area (Å²) in [6.07, 6.45) is 0.626. The van der Waals surface area contributed by atoms with Crippen LogP contribution in [0.25, 0.3) is 5.69 Å². The fourth-order valence-electron chi connectivity index (χ4n) is 4.69. The van der Waals surface area contributed by atoms with Crippen molar-refractivity contribution in [3.63, 3.8) is 0 Å². The van der Waals surface area contributed by atoms with Crippen LogP contribution in [0, 0.1) is 19.7 Å². The summed E-state index contributed by atoms with van der Waals surface area (Å²) in [4.78, 5) is 13.3. The molecule has 1 heterocycles. The third-order valence-electron chi connectivity index (χ3n) is 6.73. The molecule has 0 aliphatic rings. The van der Waals surface area contributed by atoms with Gasteiger partial charge in [-0.1, -0.05) is 102 Å². The molecule has 0 aliphatic carbocycles. The molecule has 0 fully saturated rings. The van der Waals surface area contributed by atoms with Crippen molar-refractivity contribution in [3.8, 4) is 5.69 Å². The molecule has 4 aromatic carbocycles. The van der Waals surface area contributed by atoms with E-state index < -0.39 is 6.04 Å². The number of benzene rings is 4. The Hall–Kier alpha value is -3.94. The monoisotopic (exact) mass is 584 g/mol. The second-order valence-corrected chi connectivity index (χ2v) is 11.4. The number of aryl methyl sites for hydroxylation is 2. The lowest BCUT2D eigenvalue weighted by atomic mass is 10.0. The second-order valence-electron chi connectivity index (χ2n) is 10.00. The fourth-order valence-corrected chi connectivity index (χ4v) is 5.75. The standard InChI is InChI=1S/C33H30ClFN4OS/c1-22-7-6-10-26(17-22)21-41-33-38-37-32(39(33)30-20-27(34)14-11-23(30)2)29(18-24-8-4-3-5-9-24)36-31(40)19-25-12-15-28(35)16-13-25/h3-17,20,29H,18-19,21H2,1-2H3,(H,36,40). The lowest BCUT2D eigenvalue weighted by Gasteiger charge is -2.21. The molecule has 41 heavy (non-hydrogen) atoms. The van der Waals surface area contributed by atoms with E-state index in [-0.39, 0.29) is 18.1 Å². The number of halogens is 2. The van der Waals surface area contributed by atoms with Crippen molar-refractivity contribution < 1.29 is 9.18 Å². The number of hydrogen-bond acceptors (Lipinski definition) is 4. The van der Waals surface area contributed by atoms with Gasteiger partial charge in [-0.2, -0.15) is 0 Å². The number of carbonyl (C=O) groups excluding carboxylic acids is 1. The second kappa shape index (κ2) is 13.1. The Labute approximate surface area is 248 Å². The molecule has 1 unspecified atom stereocenters. The van der Waals surface area contributed by atoms with E-state index in [4.69, 9.17) is 11.6 Å². The zero-order valence-electron chi connectivity index (χ0n) is 22.9. The SMILES string of the molecule is Cc1cccc(CSc2nnc(C(Cc3ccccc3)NC(=O)Cc3ccc(F)cc3)n2-c2cc(Cl)ccc2C)c1. The molecule has 1 amide bonds. The van der Waals surface area contributed by atoms with Gasteiger partial charge in [-0.25, -0.2) is 4.39 Å². The maximum atomic E-state index is 13.4. The minimum atomic E-state index is -0.482. The van der Waals surface area contributed by atoms with E-state index in [0.29, 0.717) is 28.2 Å². The van der Waals surface area contributed by atoms with Crippen molar-refractivity contribution in [1.82, 2.24) is 20.1 Å². The van der Waals surface area contributed by atoms with E-state index in [0.717, 1.165) is 22.4 Å². The van der Waals surface area contributed by atoms with Crippen molar-refractivity contribution >= 4 is 29.3 Å². The molecule has 1 atom stereocenters. The first-order valence-corrected chi connectivity index (χ1v) is 14.7. The number of nitrogens with zero attached hydrogens (tertiary/aromatic N) is 3. The molecule has 0 bridgehead atoms. The highest BCUT2D eigenvalue weighted by molar-refractivity contribution is 7.98. The number of thioether (sulfide) groups is 1. The maximum Gasteiger partial charge on any atom is 0.225 e. The molecule has 1 N–H and O–H groups in total. The van der Waals surface area contributed by atoms with Crippen LogP contribution >= 0.6 is 23.4 Å². The summed E-state index contributed by atoms with van der Waals surface area (Å²) >= 11 is 8.05. The van der Waals surface area contributed by atoms with Gasteiger partial charge in [0.1, 0.15) is 5.82 Å². The first kappa shape index (κ1) is 28.6. The number of aromatic nitrogens is 3. The molecule has 5 nitrogen and oxygen atoms in total. The van der Waals surface area contributed by atoms with Gasteiger partial charge >= 0.3 is 0 Å². The Morgan fingerprint density at radius 1 is 0.902 bits per heavy atom. The van der Waals surface area contributed by atoms with Gasteiger partial charge in [-0.3, -0.25) is 9.36 Å². The minimum absolute atomic E-state index is 0.116. The first-order chi connectivity index (χ1) is 19.9. The van der Waals surface area contributed by atoms with Crippen LogP contribution in [0.2, 0.25) is 5.02 Å². The predicted molar refractivity (Wildman–Crippen MR) is 163 cm³/mol. The molecule has 208 valence electrons. The molecule has 0 aliphatic heterocycles. The lowest BCUT2D eigenvalue weighted by Crippen LogP contribution is -2.33. The highest BCUT2D eigenvalue weighted by atomic mass is 35.5. The lowest BCUT2D eigenvalue weighted by molar-refractivity contribution is -0.121. The van der Waals surface area contributed by atoms with Gasteiger partial charge in [0, 0.05) is 10.8 Å². The smallest absolute Gasteiger partial charge is 0.225 e. The quantitative estimate of drug-likeness (QED) is 0.172. The van der Waals surface area contributed by atoms with Crippen LogP contribution in [0.5, 0.6) is 0 Å². The summed E-state index contributed by atoms with van der Waals surface area (Å²) in [5, 5.41) is 13.7. The highest BCUT2D eigenvalue weighted by Crippen LogP contribution is 2.31. The van der Waals surface area contributed by atoms with Crippen molar-refractivity contribution in [2.75, 3.05) is 0 Å². The van der Waals surface area contributed by atoms with Gasteiger partial charge in [0.15, 0.2) is 11.0 Å². The normalized spacial score (nSPS) is 11.8. The van der Waals surface area contributed by atoms with E-state index in [1.807, 2.05) is 60.0 Å². The molecule has 1 aromatic heterocycles. The van der Waals surface area contributed by atoms with Crippen LogP contribution < -0.4 is 5.32 Å². The number of rotatable bonds is 10. The van der Waals surface area contributed by atoms with Crippen molar-refractivity contribution in [1.29, 1.82) is 0 Å². The Bertz CT molecular complexity index is 1640. The van der Waals surface area contributed by atoms with E-state index in [2.05, 4.69) is 46.7 Å². The van der Waals surface area contributed by atoms with E-state index in [9.17, 15) is 9.18 Å². The van der Waals surface area contributed by atoms with Gasteiger partial charge < -0.3 is 5.32 Å². The van der Waals surface area contributed by atoms with Crippen molar-refractivity contribution in [3.05, 3.63) is 142 Å². The average Bonchev–Trinajstić information content (AvgIpc) is 3.38. The number of hydrogen-bond donors (Lipinski definition) is 1. The topological polar surface area (TPSA) is 59.8 Å². The highest BCUT2D eigenvalue weighted by Gasteiger charge is 2.26. The van der Waals surface area contributed by atoms with Crippen LogP contribution in [0.15, 0.2) is 102 Å². The summed E-state index contributed by atoms with van der Waals surface area (Å²) in [7, 11) is 0. The maximum absolute atomic E-state index is 13.4. The largest absolute Gasteiger partial charge is 0.345 e. The van der Waals surface area contributed by atoms with Gasteiger partial charge in [-0.05, 0) is 66.8 Å². The molecule has 0 saturated heterocycles. The van der Waals surface area contributed by atoms with Crippen molar-refractivity contribution in [2.45, 2.75) is 43.6 Å². The molecule has 0 radical (unpaired) electrons. The first-order valence-electron chi connectivity index (χ1n) is 13.3. The van der Waals surface area contributed by atoms with Crippen LogP contribution in [0.4, 0.5) is 4.39 Å². The van der Waals surface area contributed by atoms with Crippen LogP contribution in [0.1, 0.15) is 39.7 Å². The third kappa shape index (κ3) is 7.43. The molecular formula is C33H30ClFN4OS. The molecule has 5 aromatic rings. The molecule has 5 rings (SSSR count). The van der Waals surface area contributed by atoms with Gasteiger partial charge in [-0.15, -0.1) is 10.2 Å². The summed E-state index contributed by atoms with van der Waals surface area (Å²) < 4.78 is 15.4. The zero-order valence-corrected chi connectivity index (χ0v) is 24.4. The van der Waals surface area contributed by atoms with Gasteiger partial charge in [0.25, 0.3) is 0 Å². The van der Waals surface area contributed by atoms with Crippen LogP contribution in [-0.4, -0.2) is 20.7 Å². The predicted octanol–water partition coefficient (Wildman–Crippen LogP) is 7.61. The Balaban J connectivity index is 1.53. The zero-order chi connectivity index (χ0) is 28.8. The average molecular weight is 585 g/mol. The third-order valence-corrected chi connectivity index (χ3v) is 7.96. The van der Waals surface area contributed by atoms with Gasteiger partial charge in [0.05, 0.1) is 18.2 Å². The van der Waals surface area contributed by atoms with E-state index >= 15 is 0 Å². The molecule has 0 saturated carbocycles. The number of carbonyl (C=O) groups is 1. The van der Waals surface area contributed by atoms with Crippen LogP contribution in [0.3, 0.4) is 0 Å². The summed E-state index contributed by atoms with van der Waals surface area (Å²) in [6.45, 7) is 4.09. The number of amides is 1. The summed E-state index contributed by atoms with van der Waals surface area (Å²) in [5.74, 6) is 0.791. The summed E-state index contributed by atoms with van der Waals surface area (Å²) in [6, 6.07) is 29.6. The van der Waals surface area contributed by atoms with E-state index in [1.165, 1.54) is 23.3 Å². The van der Waals surface area contributed by atoms with Crippen LogP contribution in [-0.2, 0) is 23.4 Å². The Kier molecular flexibility index (Phi) is 9.17. The van der Waals surface area contributed by atoms with E-state index in [1.54, 1.807) is 23.9 Å². The minimum Gasteiger partial charge on any atom is -0.345 e.